The number of piperidine rings is 1. The van der Waals surface area contributed by atoms with Gasteiger partial charge in [0.2, 0.25) is 0 Å². The summed E-state index contributed by atoms with van der Waals surface area (Å²) >= 11 is 0. The Labute approximate surface area is 105 Å². The minimum Gasteiger partial charge on any atom is -0.507 e. The van der Waals surface area contributed by atoms with Gasteiger partial charge in [0, 0.05) is 13.1 Å². The first kappa shape index (κ1) is 12.8. The third-order valence-electron chi connectivity index (χ3n) is 3.35. The number of nitrogens with zero attached hydrogens (tertiary/aromatic N) is 1. The van der Waals surface area contributed by atoms with Crippen LogP contribution in [0.4, 0.5) is 4.39 Å². The van der Waals surface area contributed by atoms with Crippen LogP contribution in [0, 0.1) is 11.7 Å². The highest BCUT2D eigenvalue weighted by atomic mass is 19.1. The van der Waals surface area contributed by atoms with E-state index < -0.39 is 11.7 Å². The monoisotopic (exact) mass is 252 g/mol. The molecule has 0 saturated carbocycles. The summed E-state index contributed by atoms with van der Waals surface area (Å²) in [6.45, 7) is 1.64. The number of carbonyl (C=O) groups is 1. The summed E-state index contributed by atoms with van der Waals surface area (Å²) in [7, 11) is 0. The number of nitrogens with two attached hydrogens (primary N) is 1. The van der Waals surface area contributed by atoms with Crippen LogP contribution in [0.1, 0.15) is 23.2 Å². The van der Waals surface area contributed by atoms with E-state index in [0.717, 1.165) is 12.8 Å². The molecule has 1 aliphatic rings. The highest BCUT2D eigenvalue weighted by molar-refractivity contribution is 5.97. The number of halogens is 1. The van der Waals surface area contributed by atoms with Gasteiger partial charge in [-0.15, -0.1) is 0 Å². The highest BCUT2D eigenvalue weighted by Gasteiger charge is 2.27. The number of rotatable bonds is 2. The Morgan fingerprint density at radius 3 is 3.00 bits per heavy atom. The molecule has 1 heterocycles. The summed E-state index contributed by atoms with van der Waals surface area (Å²) in [5.41, 5.74) is 5.36. The average Bonchev–Trinajstić information content (AvgIpc) is 2.38. The number of phenolic OH excluding ortho intramolecular Hbond substituents is 1. The van der Waals surface area contributed by atoms with Crippen LogP contribution in [0.3, 0.4) is 0 Å². The largest absolute Gasteiger partial charge is 0.507 e. The molecule has 2 rings (SSSR count). The predicted molar refractivity (Wildman–Crippen MR) is 65.7 cm³/mol. The van der Waals surface area contributed by atoms with Crippen molar-refractivity contribution in [3.05, 3.63) is 29.6 Å². The van der Waals surface area contributed by atoms with Crippen molar-refractivity contribution in [1.82, 2.24) is 4.90 Å². The second-order valence-corrected chi connectivity index (χ2v) is 4.63. The first-order valence-electron chi connectivity index (χ1n) is 6.10. The standard InChI is InChI=1S/C13H17FN2O2/c14-10-4-1-5-11(17)12(10)13(18)16-6-2-3-9(7-15)8-16/h1,4-5,9,17H,2-3,6-8,15H2. The van der Waals surface area contributed by atoms with Crippen molar-refractivity contribution in [2.45, 2.75) is 12.8 Å². The van der Waals surface area contributed by atoms with Crippen molar-refractivity contribution in [3.63, 3.8) is 0 Å². The SMILES string of the molecule is NCC1CCCN(C(=O)c2c(O)cccc2F)C1. The maximum absolute atomic E-state index is 13.6. The molecule has 1 saturated heterocycles. The number of hydrogen-bond acceptors (Lipinski definition) is 3. The Balaban J connectivity index is 2.20. The predicted octanol–water partition coefficient (Wildman–Crippen LogP) is 1.34. The van der Waals surface area contributed by atoms with Crippen LogP contribution in [0.15, 0.2) is 18.2 Å². The van der Waals surface area contributed by atoms with E-state index in [0.29, 0.717) is 19.6 Å². The molecular weight excluding hydrogens is 235 g/mol. The van der Waals surface area contributed by atoms with Gasteiger partial charge in [-0.05, 0) is 37.4 Å². The van der Waals surface area contributed by atoms with E-state index in [1.54, 1.807) is 4.90 Å². The molecule has 1 atom stereocenters. The molecule has 0 aromatic heterocycles. The zero-order valence-corrected chi connectivity index (χ0v) is 10.1. The second kappa shape index (κ2) is 5.35. The Hall–Kier alpha value is -1.62. The van der Waals surface area contributed by atoms with Crippen LogP contribution in [-0.2, 0) is 0 Å². The van der Waals surface area contributed by atoms with Gasteiger partial charge in [-0.1, -0.05) is 6.07 Å². The van der Waals surface area contributed by atoms with Gasteiger partial charge in [0.1, 0.15) is 17.1 Å². The lowest BCUT2D eigenvalue weighted by Gasteiger charge is -2.32. The molecule has 98 valence electrons. The summed E-state index contributed by atoms with van der Waals surface area (Å²) in [5, 5.41) is 9.60. The number of benzene rings is 1. The maximum Gasteiger partial charge on any atom is 0.260 e. The third-order valence-corrected chi connectivity index (χ3v) is 3.35. The molecule has 1 aliphatic heterocycles. The lowest BCUT2D eigenvalue weighted by atomic mass is 9.97. The molecule has 3 N–H and O–H groups in total. The van der Waals surface area contributed by atoms with Crippen molar-refractivity contribution in [1.29, 1.82) is 0 Å². The molecule has 1 fully saturated rings. The molecule has 0 aliphatic carbocycles. The quantitative estimate of drug-likeness (QED) is 0.834. The molecule has 1 aromatic rings. The molecule has 1 unspecified atom stereocenters. The Kier molecular flexibility index (Phi) is 3.81. The van der Waals surface area contributed by atoms with Gasteiger partial charge >= 0.3 is 0 Å². The van der Waals surface area contributed by atoms with Gasteiger partial charge < -0.3 is 15.7 Å². The van der Waals surface area contributed by atoms with Crippen LogP contribution in [-0.4, -0.2) is 35.5 Å². The molecular formula is C13H17FN2O2. The summed E-state index contributed by atoms with van der Waals surface area (Å²) in [5.74, 6) is -1.19. The second-order valence-electron chi connectivity index (χ2n) is 4.63. The zero-order valence-electron chi connectivity index (χ0n) is 10.1. The van der Waals surface area contributed by atoms with Crippen LogP contribution in [0.2, 0.25) is 0 Å². The smallest absolute Gasteiger partial charge is 0.260 e. The Morgan fingerprint density at radius 1 is 1.56 bits per heavy atom. The van der Waals surface area contributed by atoms with Crippen LogP contribution in [0.25, 0.3) is 0 Å². The van der Waals surface area contributed by atoms with Crippen molar-refractivity contribution in [3.8, 4) is 5.75 Å². The molecule has 1 amide bonds. The van der Waals surface area contributed by atoms with E-state index in [9.17, 15) is 14.3 Å². The highest BCUT2D eigenvalue weighted by Crippen LogP contribution is 2.24. The number of likely N-dealkylation sites (tertiary alicyclic amines) is 1. The number of amides is 1. The molecule has 0 bridgehead atoms. The van der Waals surface area contributed by atoms with E-state index in [2.05, 4.69) is 0 Å². The average molecular weight is 252 g/mol. The minimum absolute atomic E-state index is 0.241. The van der Waals surface area contributed by atoms with Gasteiger partial charge in [-0.25, -0.2) is 4.39 Å². The lowest BCUT2D eigenvalue weighted by Crippen LogP contribution is -2.42. The van der Waals surface area contributed by atoms with E-state index in [4.69, 9.17) is 5.73 Å². The van der Waals surface area contributed by atoms with E-state index >= 15 is 0 Å². The fraction of sp³-hybridized carbons (Fsp3) is 0.462. The van der Waals surface area contributed by atoms with Crippen molar-refractivity contribution < 1.29 is 14.3 Å². The van der Waals surface area contributed by atoms with E-state index in [1.165, 1.54) is 18.2 Å². The number of carbonyl (C=O) groups excluding carboxylic acids is 1. The van der Waals surface area contributed by atoms with Gasteiger partial charge in [-0.3, -0.25) is 4.79 Å². The normalized spacial score (nSPS) is 19.9. The third kappa shape index (κ3) is 2.46. The van der Waals surface area contributed by atoms with Crippen LogP contribution >= 0.6 is 0 Å². The lowest BCUT2D eigenvalue weighted by molar-refractivity contribution is 0.0670. The van der Waals surface area contributed by atoms with Gasteiger partial charge in [-0.2, -0.15) is 0 Å². The molecule has 5 heteroatoms. The fourth-order valence-electron chi connectivity index (χ4n) is 2.32. The summed E-state index contributed by atoms with van der Waals surface area (Å²) in [6.07, 6.45) is 1.85. The Bertz CT molecular complexity index is 430. The fourth-order valence-corrected chi connectivity index (χ4v) is 2.32. The van der Waals surface area contributed by atoms with Gasteiger partial charge in [0.25, 0.3) is 5.91 Å². The zero-order chi connectivity index (χ0) is 13.1. The summed E-state index contributed by atoms with van der Waals surface area (Å²) < 4.78 is 13.6. The van der Waals surface area contributed by atoms with Gasteiger partial charge in [0.15, 0.2) is 0 Å². The van der Waals surface area contributed by atoms with E-state index in [1.807, 2.05) is 0 Å². The molecule has 1 aromatic carbocycles. The van der Waals surface area contributed by atoms with Gasteiger partial charge in [0.05, 0.1) is 0 Å². The van der Waals surface area contributed by atoms with Crippen molar-refractivity contribution in [2.24, 2.45) is 11.7 Å². The van der Waals surface area contributed by atoms with Crippen molar-refractivity contribution in [2.75, 3.05) is 19.6 Å². The van der Waals surface area contributed by atoms with Crippen molar-refractivity contribution >= 4 is 5.91 Å². The summed E-state index contributed by atoms with van der Waals surface area (Å²) in [4.78, 5) is 13.8. The van der Waals surface area contributed by atoms with Crippen LogP contribution in [0.5, 0.6) is 5.75 Å². The molecule has 0 spiro atoms. The summed E-state index contributed by atoms with van der Waals surface area (Å²) in [6, 6.07) is 3.87. The molecule has 4 nitrogen and oxygen atoms in total. The first-order chi connectivity index (χ1) is 8.63. The first-order valence-corrected chi connectivity index (χ1v) is 6.10. The number of phenols is 1. The molecule has 18 heavy (non-hydrogen) atoms. The van der Waals surface area contributed by atoms with Crippen LogP contribution < -0.4 is 5.73 Å². The van der Waals surface area contributed by atoms with E-state index in [-0.39, 0.29) is 17.2 Å². The molecule has 0 radical (unpaired) electrons. The number of aromatic hydroxyl groups is 1. The number of hydrogen-bond donors (Lipinski definition) is 2. The minimum atomic E-state index is -0.685. The maximum atomic E-state index is 13.6. The Morgan fingerprint density at radius 2 is 2.33 bits per heavy atom. The topological polar surface area (TPSA) is 66.6 Å².